The van der Waals surface area contributed by atoms with Gasteiger partial charge in [-0.2, -0.15) is 0 Å². The minimum absolute atomic E-state index is 0.347. The third-order valence-corrected chi connectivity index (χ3v) is 3.71. The van der Waals surface area contributed by atoms with Crippen molar-refractivity contribution in [2.75, 3.05) is 31.7 Å². The molecule has 0 aliphatic carbocycles. The molecule has 3 heterocycles. The van der Waals surface area contributed by atoms with Gasteiger partial charge in [0.1, 0.15) is 11.6 Å². The quantitative estimate of drug-likeness (QED) is 0.902. The molecule has 1 saturated heterocycles. The van der Waals surface area contributed by atoms with Crippen molar-refractivity contribution < 1.29 is 9.47 Å². The van der Waals surface area contributed by atoms with Crippen LogP contribution in [-0.2, 0) is 22.5 Å². The Kier molecular flexibility index (Phi) is 3.94. The molecule has 5 heteroatoms. The summed E-state index contributed by atoms with van der Waals surface area (Å²) in [7, 11) is 0. The van der Waals surface area contributed by atoms with Gasteiger partial charge in [0.2, 0.25) is 0 Å². The first kappa shape index (κ1) is 12.8. The number of anilines is 1. The molecule has 3 rings (SSSR count). The number of nitrogens with zero attached hydrogens (tertiary/aromatic N) is 2. The van der Waals surface area contributed by atoms with Crippen LogP contribution in [0.5, 0.6) is 0 Å². The third kappa shape index (κ3) is 2.72. The van der Waals surface area contributed by atoms with Gasteiger partial charge in [-0.15, -0.1) is 0 Å². The normalized spacial score (nSPS) is 22.9. The van der Waals surface area contributed by atoms with Gasteiger partial charge in [0.15, 0.2) is 0 Å². The summed E-state index contributed by atoms with van der Waals surface area (Å²) < 4.78 is 11.1. The molecule has 1 fully saturated rings. The van der Waals surface area contributed by atoms with Crippen molar-refractivity contribution >= 4 is 5.82 Å². The van der Waals surface area contributed by atoms with Gasteiger partial charge in [0, 0.05) is 31.1 Å². The van der Waals surface area contributed by atoms with Gasteiger partial charge in [0.25, 0.3) is 0 Å². The van der Waals surface area contributed by atoms with Crippen LogP contribution in [0.15, 0.2) is 0 Å². The fourth-order valence-electron chi connectivity index (χ4n) is 2.69. The molecule has 1 unspecified atom stereocenters. The SMILES string of the molecule is CCNc1nc(C2CCCOC2)nc2c1COCC2. The smallest absolute Gasteiger partial charge is 0.136 e. The maximum atomic E-state index is 5.56. The number of rotatable bonds is 3. The van der Waals surface area contributed by atoms with Crippen LogP contribution in [0.25, 0.3) is 0 Å². The van der Waals surface area contributed by atoms with Crippen molar-refractivity contribution in [3.63, 3.8) is 0 Å². The maximum Gasteiger partial charge on any atom is 0.136 e. The molecule has 2 aliphatic heterocycles. The predicted octanol–water partition coefficient (Wildman–Crippen LogP) is 1.88. The Morgan fingerprint density at radius 2 is 2.21 bits per heavy atom. The molecule has 2 aliphatic rings. The topological polar surface area (TPSA) is 56.3 Å². The van der Waals surface area contributed by atoms with Crippen LogP contribution < -0.4 is 5.32 Å². The minimum Gasteiger partial charge on any atom is -0.381 e. The van der Waals surface area contributed by atoms with Crippen molar-refractivity contribution in [1.29, 1.82) is 0 Å². The first-order valence-corrected chi connectivity index (χ1v) is 7.17. The van der Waals surface area contributed by atoms with Crippen molar-refractivity contribution in [1.82, 2.24) is 9.97 Å². The lowest BCUT2D eigenvalue weighted by Crippen LogP contribution is -2.22. The van der Waals surface area contributed by atoms with Gasteiger partial charge in [0.05, 0.1) is 25.5 Å². The Bertz CT molecular complexity index is 445. The molecule has 1 atom stereocenters. The molecule has 0 saturated carbocycles. The van der Waals surface area contributed by atoms with E-state index < -0.39 is 0 Å². The number of hydrogen-bond acceptors (Lipinski definition) is 5. The van der Waals surface area contributed by atoms with E-state index in [9.17, 15) is 0 Å². The lowest BCUT2D eigenvalue weighted by atomic mass is 10.0. The highest BCUT2D eigenvalue weighted by atomic mass is 16.5. The highest BCUT2D eigenvalue weighted by Crippen LogP contribution is 2.28. The molecule has 0 aromatic carbocycles. The summed E-state index contributed by atoms with van der Waals surface area (Å²) in [6.45, 7) is 5.96. The van der Waals surface area contributed by atoms with Gasteiger partial charge in [-0.25, -0.2) is 9.97 Å². The minimum atomic E-state index is 0.347. The zero-order valence-electron chi connectivity index (χ0n) is 11.4. The van der Waals surface area contributed by atoms with Crippen LogP contribution in [0.1, 0.15) is 42.8 Å². The molecule has 0 radical (unpaired) electrons. The van der Waals surface area contributed by atoms with Crippen LogP contribution in [-0.4, -0.2) is 36.3 Å². The van der Waals surface area contributed by atoms with E-state index in [4.69, 9.17) is 19.4 Å². The lowest BCUT2D eigenvalue weighted by molar-refractivity contribution is 0.0774. The molecule has 1 aromatic heterocycles. The van der Waals surface area contributed by atoms with E-state index >= 15 is 0 Å². The first-order chi connectivity index (χ1) is 9.38. The van der Waals surface area contributed by atoms with Crippen molar-refractivity contribution in [3.05, 3.63) is 17.1 Å². The summed E-state index contributed by atoms with van der Waals surface area (Å²) in [5.41, 5.74) is 2.28. The van der Waals surface area contributed by atoms with Crippen LogP contribution in [0.3, 0.4) is 0 Å². The average molecular weight is 263 g/mol. The Morgan fingerprint density at radius 1 is 1.26 bits per heavy atom. The zero-order chi connectivity index (χ0) is 13.1. The second-order valence-electron chi connectivity index (χ2n) is 5.10. The van der Waals surface area contributed by atoms with Crippen LogP contribution in [0.4, 0.5) is 5.82 Å². The van der Waals surface area contributed by atoms with Crippen molar-refractivity contribution in [2.45, 2.75) is 38.7 Å². The van der Waals surface area contributed by atoms with E-state index in [1.54, 1.807) is 0 Å². The van der Waals surface area contributed by atoms with E-state index in [1.165, 1.54) is 0 Å². The van der Waals surface area contributed by atoms with E-state index in [-0.39, 0.29) is 0 Å². The van der Waals surface area contributed by atoms with Gasteiger partial charge >= 0.3 is 0 Å². The molecule has 0 bridgehead atoms. The molecule has 0 spiro atoms. The van der Waals surface area contributed by atoms with Crippen molar-refractivity contribution in [3.8, 4) is 0 Å². The summed E-state index contributed by atoms with van der Waals surface area (Å²) in [6, 6.07) is 0. The van der Waals surface area contributed by atoms with Crippen LogP contribution in [0.2, 0.25) is 0 Å². The van der Waals surface area contributed by atoms with Gasteiger partial charge in [-0.05, 0) is 19.8 Å². The second-order valence-corrected chi connectivity index (χ2v) is 5.10. The number of ether oxygens (including phenoxy) is 2. The van der Waals surface area contributed by atoms with E-state index in [0.717, 1.165) is 68.5 Å². The highest BCUT2D eigenvalue weighted by Gasteiger charge is 2.23. The molecule has 0 amide bonds. The van der Waals surface area contributed by atoms with Gasteiger partial charge in [-0.1, -0.05) is 0 Å². The van der Waals surface area contributed by atoms with Crippen LogP contribution >= 0.6 is 0 Å². The monoisotopic (exact) mass is 263 g/mol. The molecular formula is C14H21N3O2. The maximum absolute atomic E-state index is 5.56. The zero-order valence-corrected chi connectivity index (χ0v) is 11.4. The Labute approximate surface area is 113 Å². The highest BCUT2D eigenvalue weighted by molar-refractivity contribution is 5.47. The average Bonchev–Trinajstić information content (AvgIpc) is 2.48. The summed E-state index contributed by atoms with van der Waals surface area (Å²) in [5, 5.41) is 3.34. The summed E-state index contributed by atoms with van der Waals surface area (Å²) in [5.74, 6) is 2.24. The van der Waals surface area contributed by atoms with E-state index in [2.05, 4.69) is 12.2 Å². The number of aromatic nitrogens is 2. The molecule has 104 valence electrons. The first-order valence-electron chi connectivity index (χ1n) is 7.17. The lowest BCUT2D eigenvalue weighted by Gasteiger charge is -2.24. The molecule has 1 aromatic rings. The fourth-order valence-corrected chi connectivity index (χ4v) is 2.69. The van der Waals surface area contributed by atoms with Gasteiger partial charge < -0.3 is 14.8 Å². The third-order valence-electron chi connectivity index (χ3n) is 3.71. The molecular weight excluding hydrogens is 242 g/mol. The Hall–Kier alpha value is -1.20. The Morgan fingerprint density at radius 3 is 3.00 bits per heavy atom. The standard InChI is InChI=1S/C14H21N3O2/c1-2-15-14-11-9-19-7-5-12(11)16-13(17-14)10-4-3-6-18-8-10/h10H,2-9H2,1H3,(H,15,16,17). The number of nitrogens with one attached hydrogen (secondary N) is 1. The fraction of sp³-hybridized carbons (Fsp3) is 0.714. The summed E-state index contributed by atoms with van der Waals surface area (Å²) >= 11 is 0. The summed E-state index contributed by atoms with van der Waals surface area (Å²) in [4.78, 5) is 9.49. The second kappa shape index (κ2) is 5.84. The van der Waals surface area contributed by atoms with Gasteiger partial charge in [-0.3, -0.25) is 0 Å². The van der Waals surface area contributed by atoms with E-state index in [1.807, 2.05) is 0 Å². The molecule has 19 heavy (non-hydrogen) atoms. The van der Waals surface area contributed by atoms with Crippen molar-refractivity contribution in [2.24, 2.45) is 0 Å². The molecule has 5 nitrogen and oxygen atoms in total. The summed E-state index contributed by atoms with van der Waals surface area (Å²) in [6.07, 6.45) is 3.11. The number of fused-ring (bicyclic) bond motifs is 1. The Balaban J connectivity index is 1.93. The number of hydrogen-bond donors (Lipinski definition) is 1. The largest absolute Gasteiger partial charge is 0.381 e. The predicted molar refractivity (Wildman–Crippen MR) is 72.3 cm³/mol. The molecule has 1 N–H and O–H groups in total. The van der Waals surface area contributed by atoms with E-state index in [0.29, 0.717) is 12.5 Å². The van der Waals surface area contributed by atoms with Crippen LogP contribution in [0, 0.1) is 0 Å².